The van der Waals surface area contributed by atoms with E-state index >= 15 is 0 Å². The Morgan fingerprint density at radius 3 is 2.73 bits per heavy atom. The maximum Gasteiger partial charge on any atom is 0.235 e. The lowest BCUT2D eigenvalue weighted by molar-refractivity contribution is -0.113. The van der Waals surface area contributed by atoms with Crippen LogP contribution in [0.2, 0.25) is 0 Å². The quantitative estimate of drug-likeness (QED) is 0.777. The van der Waals surface area contributed by atoms with Gasteiger partial charge >= 0.3 is 0 Å². The Bertz CT molecular complexity index is 1020. The molecule has 1 aliphatic carbocycles. The second-order valence-corrected chi connectivity index (χ2v) is 7.58. The number of anilines is 2. The van der Waals surface area contributed by atoms with Crippen molar-refractivity contribution >= 4 is 39.8 Å². The van der Waals surface area contributed by atoms with Crippen LogP contribution in [0.5, 0.6) is 0 Å². The number of hydrogen-bond donors (Lipinski definition) is 2. The molecule has 2 aromatic heterocycles. The molecule has 0 atom stereocenters. The lowest BCUT2D eigenvalue weighted by Crippen LogP contribution is -2.14. The van der Waals surface area contributed by atoms with Crippen LogP contribution >= 0.6 is 23.1 Å². The third kappa shape index (κ3) is 3.34. The van der Waals surface area contributed by atoms with Gasteiger partial charge in [0.2, 0.25) is 5.91 Å². The normalized spacial score (nSPS) is 11.9. The second-order valence-electron chi connectivity index (χ2n) is 5.51. The van der Waals surface area contributed by atoms with Crippen molar-refractivity contribution in [3.8, 4) is 18.2 Å². The number of nitrogens with one attached hydrogen (secondary N) is 1. The number of carbonyl (C=O) groups excluding carboxylic acids is 1. The number of hydrogen-bond acceptors (Lipinski definition) is 8. The van der Waals surface area contributed by atoms with Crippen LogP contribution in [0.15, 0.2) is 11.1 Å². The molecule has 0 spiro atoms. The number of nitriles is 3. The molecule has 7 nitrogen and oxygen atoms in total. The molecule has 9 heteroatoms. The average Bonchev–Trinajstić information content (AvgIpc) is 3.20. The van der Waals surface area contributed by atoms with Gasteiger partial charge in [-0.15, -0.1) is 11.3 Å². The number of aryl methyl sites for hydroxylation is 1. The molecule has 3 rings (SSSR count). The van der Waals surface area contributed by atoms with Crippen molar-refractivity contribution in [2.24, 2.45) is 0 Å². The van der Waals surface area contributed by atoms with Crippen LogP contribution in [-0.4, -0.2) is 16.6 Å². The number of rotatable bonds is 4. The van der Waals surface area contributed by atoms with Gasteiger partial charge in [-0.05, 0) is 30.9 Å². The van der Waals surface area contributed by atoms with E-state index in [0.29, 0.717) is 15.6 Å². The topological polar surface area (TPSA) is 139 Å². The number of thioether (sulfide) groups is 1. The van der Waals surface area contributed by atoms with E-state index < -0.39 is 0 Å². The highest BCUT2D eigenvalue weighted by Crippen LogP contribution is 2.38. The smallest absolute Gasteiger partial charge is 0.235 e. The van der Waals surface area contributed by atoms with Gasteiger partial charge in [0.05, 0.1) is 22.4 Å². The highest BCUT2D eigenvalue weighted by atomic mass is 32.2. The van der Waals surface area contributed by atoms with Gasteiger partial charge < -0.3 is 11.1 Å². The number of amides is 1. The molecule has 0 radical (unpaired) electrons. The summed E-state index contributed by atoms with van der Waals surface area (Å²) in [5.41, 5.74) is 7.60. The predicted molar refractivity (Wildman–Crippen MR) is 98.5 cm³/mol. The molecule has 0 saturated heterocycles. The van der Waals surface area contributed by atoms with Gasteiger partial charge in [-0.2, -0.15) is 15.8 Å². The van der Waals surface area contributed by atoms with Gasteiger partial charge in [-0.25, -0.2) is 4.98 Å². The molecule has 1 amide bonds. The Labute approximate surface area is 158 Å². The van der Waals surface area contributed by atoms with Gasteiger partial charge in [0.25, 0.3) is 0 Å². The van der Waals surface area contributed by atoms with E-state index in [-0.39, 0.29) is 28.6 Å². The van der Waals surface area contributed by atoms with E-state index in [0.717, 1.165) is 41.5 Å². The second kappa shape index (κ2) is 7.45. The van der Waals surface area contributed by atoms with E-state index in [4.69, 9.17) is 11.0 Å². The van der Waals surface area contributed by atoms with Gasteiger partial charge in [0.15, 0.2) is 0 Å². The molecule has 26 heavy (non-hydrogen) atoms. The summed E-state index contributed by atoms with van der Waals surface area (Å²) < 4.78 is 0. The van der Waals surface area contributed by atoms with Crippen molar-refractivity contribution in [3.63, 3.8) is 0 Å². The standard InChI is InChI=1S/C17H12N6OS2/c18-5-9-4-10(6-19)16(23-15(9)21)25-8-14(24)22-17-12(7-20)11-2-1-3-13(11)26-17/h4H,1-3,8H2,(H2,21,23)(H,22,24). The van der Waals surface area contributed by atoms with Gasteiger partial charge in [0.1, 0.15) is 34.1 Å². The Morgan fingerprint density at radius 2 is 2.04 bits per heavy atom. The molecule has 2 heterocycles. The predicted octanol–water partition coefficient (Wildman–Crippen LogP) is 2.56. The summed E-state index contributed by atoms with van der Waals surface area (Å²) in [6.45, 7) is 0. The highest BCUT2D eigenvalue weighted by Gasteiger charge is 2.23. The summed E-state index contributed by atoms with van der Waals surface area (Å²) in [6, 6.07) is 7.36. The molecule has 1 aliphatic rings. The maximum atomic E-state index is 12.3. The van der Waals surface area contributed by atoms with Gasteiger partial charge in [-0.1, -0.05) is 11.8 Å². The van der Waals surface area contributed by atoms with E-state index in [1.807, 2.05) is 12.1 Å². The van der Waals surface area contributed by atoms with Crippen molar-refractivity contribution in [1.29, 1.82) is 15.8 Å². The van der Waals surface area contributed by atoms with E-state index in [1.54, 1.807) is 0 Å². The summed E-state index contributed by atoms with van der Waals surface area (Å²) >= 11 is 2.51. The summed E-state index contributed by atoms with van der Waals surface area (Å²) in [6.07, 6.45) is 2.86. The minimum absolute atomic E-state index is 0.0143. The number of aromatic nitrogens is 1. The zero-order chi connectivity index (χ0) is 18.7. The summed E-state index contributed by atoms with van der Waals surface area (Å²) in [4.78, 5) is 17.5. The zero-order valence-corrected chi connectivity index (χ0v) is 15.1. The lowest BCUT2D eigenvalue weighted by Gasteiger charge is -2.06. The first-order valence-corrected chi connectivity index (χ1v) is 9.45. The first kappa shape index (κ1) is 17.8. The monoisotopic (exact) mass is 380 g/mol. The number of thiophene rings is 1. The Morgan fingerprint density at radius 1 is 1.27 bits per heavy atom. The molecular formula is C17H12N6OS2. The molecule has 0 unspecified atom stereocenters. The van der Waals surface area contributed by atoms with Crippen LogP contribution in [0, 0.1) is 34.0 Å². The van der Waals surface area contributed by atoms with Crippen molar-refractivity contribution in [2.75, 3.05) is 16.8 Å². The number of fused-ring (bicyclic) bond motifs is 1. The fraction of sp³-hybridized carbons (Fsp3) is 0.235. The zero-order valence-electron chi connectivity index (χ0n) is 13.5. The third-order valence-corrected chi connectivity index (χ3v) is 6.08. The molecule has 0 aliphatic heterocycles. The van der Waals surface area contributed by atoms with Crippen molar-refractivity contribution in [2.45, 2.75) is 24.3 Å². The summed E-state index contributed by atoms with van der Waals surface area (Å²) in [5.74, 6) is -0.253. The average molecular weight is 380 g/mol. The fourth-order valence-corrected chi connectivity index (χ4v) is 4.72. The molecule has 0 saturated carbocycles. The van der Waals surface area contributed by atoms with Crippen LogP contribution < -0.4 is 11.1 Å². The summed E-state index contributed by atoms with van der Waals surface area (Å²) in [7, 11) is 0. The van der Waals surface area contributed by atoms with E-state index in [9.17, 15) is 15.3 Å². The van der Waals surface area contributed by atoms with Gasteiger partial charge in [-0.3, -0.25) is 4.79 Å². The molecular weight excluding hydrogens is 368 g/mol. The number of nitrogens with zero attached hydrogens (tertiary/aromatic N) is 4. The summed E-state index contributed by atoms with van der Waals surface area (Å²) in [5, 5.41) is 31.1. The molecule has 3 N–H and O–H groups in total. The fourth-order valence-electron chi connectivity index (χ4n) is 2.70. The minimum Gasteiger partial charge on any atom is -0.383 e. The largest absolute Gasteiger partial charge is 0.383 e. The number of pyridine rings is 1. The van der Waals surface area contributed by atoms with Crippen LogP contribution in [-0.2, 0) is 17.6 Å². The first-order chi connectivity index (χ1) is 12.6. The number of carbonyl (C=O) groups is 1. The van der Waals surface area contributed by atoms with E-state index in [2.05, 4.69) is 16.4 Å². The first-order valence-electron chi connectivity index (χ1n) is 7.65. The maximum absolute atomic E-state index is 12.3. The SMILES string of the molecule is N#Cc1cc(C#N)c(SCC(=O)Nc2sc3c(c2C#N)CCC3)nc1N. The van der Waals surface area contributed by atoms with Crippen LogP contribution in [0.25, 0.3) is 0 Å². The lowest BCUT2D eigenvalue weighted by atomic mass is 10.1. The van der Waals surface area contributed by atoms with Crippen molar-refractivity contribution in [1.82, 2.24) is 4.98 Å². The van der Waals surface area contributed by atoms with Crippen molar-refractivity contribution in [3.05, 3.63) is 33.2 Å². The minimum atomic E-state index is -0.292. The number of nitrogens with two attached hydrogens (primary N) is 1. The van der Waals surface area contributed by atoms with Crippen LogP contribution in [0.1, 0.15) is 33.6 Å². The Kier molecular flexibility index (Phi) is 5.09. The Hall–Kier alpha value is -3.06. The molecule has 2 aromatic rings. The molecule has 0 bridgehead atoms. The van der Waals surface area contributed by atoms with Gasteiger partial charge in [0, 0.05) is 4.88 Å². The van der Waals surface area contributed by atoms with E-state index in [1.165, 1.54) is 17.4 Å². The molecule has 0 fully saturated rings. The van der Waals surface area contributed by atoms with Crippen LogP contribution in [0.3, 0.4) is 0 Å². The molecule has 0 aromatic carbocycles. The molecule has 128 valence electrons. The highest BCUT2D eigenvalue weighted by molar-refractivity contribution is 8.00. The number of nitrogen functional groups attached to an aromatic ring is 1. The Balaban J connectivity index is 1.71. The van der Waals surface area contributed by atoms with Crippen LogP contribution in [0.4, 0.5) is 10.8 Å². The third-order valence-electron chi connectivity index (χ3n) is 3.88. The van der Waals surface area contributed by atoms with Crippen molar-refractivity contribution < 1.29 is 4.79 Å².